The van der Waals surface area contributed by atoms with Crippen molar-refractivity contribution in [1.29, 1.82) is 0 Å². The molecule has 0 unspecified atom stereocenters. The van der Waals surface area contributed by atoms with E-state index in [1.807, 2.05) is 24.3 Å². The summed E-state index contributed by atoms with van der Waals surface area (Å²) in [6, 6.07) is 12.0. The minimum absolute atomic E-state index is 0.254. The predicted molar refractivity (Wildman–Crippen MR) is 101 cm³/mol. The normalized spacial score (nSPS) is 22.3. The van der Waals surface area contributed by atoms with Crippen LogP contribution in [-0.2, 0) is 15.1 Å². The number of aromatic nitrogens is 1. The van der Waals surface area contributed by atoms with Crippen LogP contribution < -0.4 is 4.74 Å². The maximum Gasteiger partial charge on any atom is 0.149 e. The molecule has 1 aromatic heterocycles. The molecule has 0 saturated heterocycles. The highest BCUT2D eigenvalue weighted by molar-refractivity contribution is 5.34. The second-order valence-electron chi connectivity index (χ2n) is 6.49. The zero-order chi connectivity index (χ0) is 18.2. The van der Waals surface area contributed by atoms with Gasteiger partial charge in [-0.25, -0.2) is 0 Å². The number of ether oxygens (including phenoxy) is 3. The van der Waals surface area contributed by atoms with E-state index in [1.54, 1.807) is 26.6 Å². The summed E-state index contributed by atoms with van der Waals surface area (Å²) in [4.78, 5) is 4.05. The molecule has 0 N–H and O–H groups in total. The third kappa shape index (κ3) is 4.43. The highest BCUT2D eigenvalue weighted by Crippen LogP contribution is 2.41. The Hall–Kier alpha value is -2.35. The molecule has 0 spiro atoms. The Morgan fingerprint density at radius 2 is 2.00 bits per heavy atom. The van der Waals surface area contributed by atoms with Gasteiger partial charge in [-0.2, -0.15) is 0 Å². The fraction of sp³-hybridized carbons (Fsp3) is 0.409. The van der Waals surface area contributed by atoms with E-state index in [0.29, 0.717) is 12.7 Å². The quantitative estimate of drug-likeness (QED) is 0.765. The van der Waals surface area contributed by atoms with Crippen molar-refractivity contribution < 1.29 is 14.2 Å². The van der Waals surface area contributed by atoms with Gasteiger partial charge in [-0.1, -0.05) is 24.0 Å². The average molecular weight is 351 g/mol. The van der Waals surface area contributed by atoms with Gasteiger partial charge in [0.15, 0.2) is 0 Å². The minimum Gasteiger partial charge on any atom is -0.481 e. The van der Waals surface area contributed by atoms with Crippen molar-refractivity contribution in [3.05, 3.63) is 59.9 Å². The van der Waals surface area contributed by atoms with Crippen LogP contribution in [-0.4, -0.2) is 31.9 Å². The summed E-state index contributed by atoms with van der Waals surface area (Å²) in [6.45, 7) is 0.337. The van der Waals surface area contributed by atoms with Crippen molar-refractivity contribution in [2.75, 3.05) is 20.8 Å². The van der Waals surface area contributed by atoms with Gasteiger partial charge in [0.2, 0.25) is 0 Å². The van der Waals surface area contributed by atoms with E-state index in [9.17, 15) is 0 Å². The van der Waals surface area contributed by atoms with E-state index >= 15 is 0 Å². The van der Waals surface area contributed by atoms with Crippen molar-refractivity contribution in [1.82, 2.24) is 4.98 Å². The Morgan fingerprint density at radius 1 is 1.15 bits per heavy atom. The Balaban J connectivity index is 1.65. The molecule has 0 bridgehead atoms. The van der Waals surface area contributed by atoms with Crippen molar-refractivity contribution in [2.24, 2.45) is 0 Å². The van der Waals surface area contributed by atoms with Gasteiger partial charge in [0.1, 0.15) is 12.4 Å². The summed E-state index contributed by atoms with van der Waals surface area (Å²) in [5.41, 5.74) is 1.79. The first-order valence-corrected chi connectivity index (χ1v) is 8.96. The van der Waals surface area contributed by atoms with Crippen molar-refractivity contribution in [3.63, 3.8) is 0 Å². The van der Waals surface area contributed by atoms with Crippen LogP contribution in [0.1, 0.15) is 36.8 Å². The summed E-state index contributed by atoms with van der Waals surface area (Å²) in [5.74, 6) is 6.89. The van der Waals surface area contributed by atoms with Crippen molar-refractivity contribution in [3.8, 4) is 17.6 Å². The van der Waals surface area contributed by atoms with Crippen LogP contribution in [0, 0.1) is 11.8 Å². The molecule has 0 radical (unpaired) electrons. The smallest absolute Gasteiger partial charge is 0.149 e. The second kappa shape index (κ2) is 8.84. The highest BCUT2D eigenvalue weighted by atomic mass is 16.5. The summed E-state index contributed by atoms with van der Waals surface area (Å²) in [7, 11) is 3.57. The van der Waals surface area contributed by atoms with Gasteiger partial charge in [0.25, 0.3) is 0 Å². The molecule has 1 aromatic carbocycles. The predicted octanol–water partition coefficient (Wildman–Crippen LogP) is 3.94. The van der Waals surface area contributed by atoms with Crippen molar-refractivity contribution >= 4 is 0 Å². The van der Waals surface area contributed by atoms with Crippen LogP contribution in [0.25, 0.3) is 0 Å². The lowest BCUT2D eigenvalue weighted by molar-refractivity contribution is -0.0762. The van der Waals surface area contributed by atoms with E-state index in [1.165, 1.54) is 0 Å². The maximum atomic E-state index is 5.95. The van der Waals surface area contributed by atoms with E-state index in [4.69, 9.17) is 14.2 Å². The molecule has 1 saturated carbocycles. The Kier molecular flexibility index (Phi) is 6.27. The fourth-order valence-corrected chi connectivity index (χ4v) is 3.47. The zero-order valence-corrected chi connectivity index (χ0v) is 15.4. The standard InChI is InChI=1S/C22H25NO3/c1-24-20-10-12-22(25-2,13-11-20)19-8-3-9-21(16-19)26-15-5-7-18-6-4-14-23-17-18/h3-4,6,8-9,14,16-17,20H,10-13,15H2,1-2H3. The number of rotatable bonds is 5. The summed E-state index contributed by atoms with van der Waals surface area (Å²) in [5, 5.41) is 0. The molecule has 0 amide bonds. The molecule has 1 fully saturated rings. The van der Waals surface area contributed by atoms with E-state index in [0.717, 1.165) is 42.6 Å². The van der Waals surface area contributed by atoms with Gasteiger partial charge in [0, 0.05) is 32.2 Å². The second-order valence-corrected chi connectivity index (χ2v) is 6.49. The Morgan fingerprint density at radius 3 is 2.69 bits per heavy atom. The van der Waals surface area contributed by atoms with Crippen molar-refractivity contribution in [2.45, 2.75) is 37.4 Å². The molecular formula is C22H25NO3. The zero-order valence-electron chi connectivity index (χ0n) is 15.4. The average Bonchev–Trinajstić information content (AvgIpc) is 2.72. The van der Waals surface area contributed by atoms with Gasteiger partial charge in [-0.15, -0.1) is 0 Å². The maximum absolute atomic E-state index is 5.95. The molecule has 0 atom stereocenters. The molecule has 0 aliphatic heterocycles. The van der Waals surface area contributed by atoms with Crippen LogP contribution >= 0.6 is 0 Å². The summed E-state index contributed by atoms with van der Waals surface area (Å²) < 4.78 is 17.3. The molecular weight excluding hydrogens is 326 g/mol. The summed E-state index contributed by atoms with van der Waals surface area (Å²) in [6.07, 6.45) is 7.72. The Labute approximate surface area is 155 Å². The van der Waals surface area contributed by atoms with E-state index in [-0.39, 0.29) is 5.60 Å². The van der Waals surface area contributed by atoms with Crippen LogP contribution in [0.4, 0.5) is 0 Å². The first kappa shape index (κ1) is 18.4. The molecule has 1 aliphatic carbocycles. The largest absolute Gasteiger partial charge is 0.481 e. The van der Waals surface area contributed by atoms with Gasteiger partial charge in [-0.3, -0.25) is 4.98 Å². The third-order valence-electron chi connectivity index (χ3n) is 5.03. The monoisotopic (exact) mass is 351 g/mol. The van der Waals surface area contributed by atoms with E-state index < -0.39 is 0 Å². The molecule has 1 heterocycles. The van der Waals surface area contributed by atoms with Crippen LogP contribution in [0.3, 0.4) is 0 Å². The Bertz CT molecular complexity index is 756. The number of nitrogens with zero attached hydrogens (tertiary/aromatic N) is 1. The minimum atomic E-state index is -0.254. The number of benzene rings is 1. The molecule has 4 nitrogen and oxygen atoms in total. The van der Waals surface area contributed by atoms with E-state index in [2.05, 4.69) is 29.0 Å². The van der Waals surface area contributed by atoms with Crippen LogP contribution in [0.15, 0.2) is 48.8 Å². The van der Waals surface area contributed by atoms with Gasteiger partial charge in [-0.05, 0) is 55.5 Å². The number of methoxy groups -OCH3 is 2. The summed E-state index contributed by atoms with van der Waals surface area (Å²) >= 11 is 0. The lowest BCUT2D eigenvalue weighted by Crippen LogP contribution is -2.35. The lowest BCUT2D eigenvalue weighted by atomic mass is 9.78. The molecule has 26 heavy (non-hydrogen) atoms. The molecule has 4 heteroatoms. The number of pyridine rings is 1. The van der Waals surface area contributed by atoms with Crippen LogP contribution in [0.5, 0.6) is 5.75 Å². The lowest BCUT2D eigenvalue weighted by Gasteiger charge is -2.39. The fourth-order valence-electron chi connectivity index (χ4n) is 3.47. The van der Waals surface area contributed by atoms with Gasteiger partial charge < -0.3 is 14.2 Å². The molecule has 3 rings (SSSR count). The van der Waals surface area contributed by atoms with Gasteiger partial charge >= 0.3 is 0 Å². The van der Waals surface area contributed by atoms with Crippen LogP contribution in [0.2, 0.25) is 0 Å². The first-order chi connectivity index (χ1) is 12.8. The number of hydrogen-bond acceptors (Lipinski definition) is 4. The highest BCUT2D eigenvalue weighted by Gasteiger charge is 2.37. The SMILES string of the molecule is COC1CCC(OC)(c2cccc(OCC#Cc3cccnc3)c2)CC1. The van der Waals surface area contributed by atoms with Gasteiger partial charge in [0.05, 0.1) is 11.7 Å². The third-order valence-corrected chi connectivity index (χ3v) is 5.03. The first-order valence-electron chi connectivity index (χ1n) is 8.96. The molecule has 136 valence electrons. The topological polar surface area (TPSA) is 40.6 Å². The number of hydrogen-bond donors (Lipinski definition) is 0. The molecule has 1 aliphatic rings. The molecule has 2 aromatic rings.